The Kier molecular flexibility index (Phi) is 3.14. The molecule has 1 heterocycles. The molecule has 2 N–H and O–H groups in total. The molecule has 0 aliphatic rings. The molecule has 3 nitrogen and oxygen atoms in total. The van der Waals surface area contributed by atoms with E-state index < -0.39 is 7.32 Å². The molecule has 0 saturated heterocycles. The average Bonchev–Trinajstić information content (AvgIpc) is 2.34. The van der Waals surface area contributed by atoms with Gasteiger partial charge >= 0.3 is 7.32 Å². The smallest absolute Gasteiger partial charge is 0.504 e. The van der Waals surface area contributed by atoms with Crippen LogP contribution in [0.2, 0.25) is 0 Å². The molecule has 1 rings (SSSR count). The third-order valence-electron chi connectivity index (χ3n) is 1.48. The van der Waals surface area contributed by atoms with Crippen LogP contribution in [0.1, 0.15) is 25.3 Å². The first kappa shape index (κ1) is 9.57. The van der Waals surface area contributed by atoms with Crippen LogP contribution in [0, 0.1) is 0 Å². The summed E-state index contributed by atoms with van der Waals surface area (Å²) >= 11 is 1.36. The van der Waals surface area contributed by atoms with Crippen LogP contribution in [0.15, 0.2) is 11.4 Å². The third kappa shape index (κ3) is 2.51. The van der Waals surface area contributed by atoms with Crippen LogP contribution in [0.4, 0.5) is 0 Å². The van der Waals surface area contributed by atoms with Crippen molar-refractivity contribution in [2.45, 2.75) is 19.8 Å². The fourth-order valence-electron chi connectivity index (χ4n) is 0.799. The molecule has 1 aromatic rings. The Balaban J connectivity index is 2.64. The second kappa shape index (κ2) is 3.93. The Morgan fingerprint density at radius 2 is 2.17 bits per heavy atom. The summed E-state index contributed by atoms with van der Waals surface area (Å²) in [6.07, 6.45) is 0. The van der Waals surface area contributed by atoms with Gasteiger partial charge in [0.2, 0.25) is 0 Å². The maximum Gasteiger partial charge on any atom is 0.708 e. The van der Waals surface area contributed by atoms with Crippen LogP contribution < -0.4 is 4.65 Å². The number of hydrogen-bond donors (Lipinski definition) is 2. The van der Waals surface area contributed by atoms with E-state index in [1.165, 1.54) is 11.3 Å². The van der Waals surface area contributed by atoms with Crippen molar-refractivity contribution in [1.29, 1.82) is 0 Å². The molecule has 66 valence electrons. The highest BCUT2D eigenvalue weighted by atomic mass is 32.1. The lowest BCUT2D eigenvalue weighted by Crippen LogP contribution is -2.19. The summed E-state index contributed by atoms with van der Waals surface area (Å²) < 4.78 is 4.67. The molecule has 0 radical (unpaired) electrons. The molecule has 0 atom stereocenters. The summed E-state index contributed by atoms with van der Waals surface area (Å²) in [5, 5.41) is 19.5. The van der Waals surface area contributed by atoms with E-state index in [0.29, 0.717) is 11.0 Å². The van der Waals surface area contributed by atoms with Crippen molar-refractivity contribution in [3.8, 4) is 5.06 Å². The molecule has 0 aromatic carbocycles. The Morgan fingerprint density at radius 1 is 1.50 bits per heavy atom. The zero-order valence-electron chi connectivity index (χ0n) is 7.02. The van der Waals surface area contributed by atoms with Crippen LogP contribution in [0.3, 0.4) is 0 Å². The van der Waals surface area contributed by atoms with Gasteiger partial charge < -0.3 is 14.7 Å². The van der Waals surface area contributed by atoms with Gasteiger partial charge in [-0.1, -0.05) is 13.8 Å². The van der Waals surface area contributed by atoms with E-state index in [9.17, 15) is 0 Å². The summed E-state index contributed by atoms with van der Waals surface area (Å²) in [6.45, 7) is 4.14. The minimum absolute atomic E-state index is 0.439. The van der Waals surface area contributed by atoms with Crippen molar-refractivity contribution >= 4 is 18.7 Å². The summed E-state index contributed by atoms with van der Waals surface area (Å²) in [7, 11) is -1.72. The van der Waals surface area contributed by atoms with Crippen LogP contribution >= 0.6 is 11.3 Å². The molecular formula is C7H11BO3S. The van der Waals surface area contributed by atoms with Gasteiger partial charge in [0, 0.05) is 0 Å². The van der Waals surface area contributed by atoms with Gasteiger partial charge in [-0.2, -0.15) is 0 Å². The Hall–Kier alpha value is -0.515. The van der Waals surface area contributed by atoms with Crippen LogP contribution in [-0.2, 0) is 0 Å². The highest BCUT2D eigenvalue weighted by Gasteiger charge is 2.13. The lowest BCUT2D eigenvalue weighted by Gasteiger charge is -2.00. The molecule has 5 heteroatoms. The molecule has 0 amide bonds. The second-order valence-corrected chi connectivity index (χ2v) is 3.67. The Labute approximate surface area is 75.8 Å². The highest BCUT2D eigenvalue weighted by molar-refractivity contribution is 7.12. The van der Waals surface area contributed by atoms with E-state index in [4.69, 9.17) is 10.0 Å². The van der Waals surface area contributed by atoms with Crippen molar-refractivity contribution in [3.05, 3.63) is 17.0 Å². The van der Waals surface area contributed by atoms with Crippen molar-refractivity contribution < 1.29 is 14.7 Å². The lowest BCUT2D eigenvalue weighted by atomic mass is 10.1. The third-order valence-corrected chi connectivity index (χ3v) is 2.32. The van der Waals surface area contributed by atoms with E-state index in [0.717, 1.165) is 5.56 Å². The minimum atomic E-state index is -1.72. The molecule has 0 fully saturated rings. The molecule has 12 heavy (non-hydrogen) atoms. The summed E-state index contributed by atoms with van der Waals surface area (Å²) in [5.74, 6) is 0.439. The van der Waals surface area contributed by atoms with E-state index in [1.807, 2.05) is 11.4 Å². The van der Waals surface area contributed by atoms with Gasteiger partial charge in [0.15, 0.2) is 5.06 Å². The molecule has 1 aromatic heterocycles. The molecular weight excluding hydrogens is 175 g/mol. The van der Waals surface area contributed by atoms with Gasteiger partial charge in [0.25, 0.3) is 0 Å². The minimum Gasteiger partial charge on any atom is -0.504 e. The zero-order chi connectivity index (χ0) is 9.14. The quantitative estimate of drug-likeness (QED) is 0.697. The standard InChI is InChI=1S/C7H11BO3S/c1-5(2)6-3-7(12-4-6)11-8(9)10/h3-5,9-10H,1-2H3. The Bertz CT molecular complexity index is 247. The predicted molar refractivity (Wildman–Crippen MR) is 49.2 cm³/mol. The number of hydrogen-bond acceptors (Lipinski definition) is 4. The lowest BCUT2D eigenvalue weighted by molar-refractivity contribution is 0.291. The topological polar surface area (TPSA) is 49.7 Å². The molecule has 0 saturated carbocycles. The van der Waals surface area contributed by atoms with Crippen LogP contribution in [0.5, 0.6) is 5.06 Å². The normalized spacial score (nSPS) is 10.4. The van der Waals surface area contributed by atoms with Crippen LogP contribution in [0.25, 0.3) is 0 Å². The van der Waals surface area contributed by atoms with Gasteiger partial charge in [0.05, 0.1) is 0 Å². The summed E-state index contributed by atoms with van der Waals surface area (Å²) in [5.41, 5.74) is 1.15. The first-order valence-electron chi connectivity index (χ1n) is 3.71. The van der Waals surface area contributed by atoms with E-state index in [1.54, 1.807) is 0 Å². The first-order valence-corrected chi connectivity index (χ1v) is 4.59. The maximum absolute atomic E-state index is 8.49. The fourth-order valence-corrected chi connectivity index (χ4v) is 1.74. The van der Waals surface area contributed by atoms with Crippen molar-refractivity contribution in [2.75, 3.05) is 0 Å². The molecule has 0 spiro atoms. The van der Waals surface area contributed by atoms with E-state index in [-0.39, 0.29) is 0 Å². The van der Waals surface area contributed by atoms with Gasteiger partial charge in [-0.25, -0.2) is 0 Å². The van der Waals surface area contributed by atoms with E-state index >= 15 is 0 Å². The molecule has 0 unspecified atom stereocenters. The number of thiophene rings is 1. The van der Waals surface area contributed by atoms with Gasteiger partial charge in [-0.05, 0) is 22.9 Å². The van der Waals surface area contributed by atoms with Crippen LogP contribution in [-0.4, -0.2) is 17.4 Å². The van der Waals surface area contributed by atoms with Gasteiger partial charge in [-0.15, -0.1) is 11.3 Å². The average molecular weight is 186 g/mol. The van der Waals surface area contributed by atoms with Crippen molar-refractivity contribution in [3.63, 3.8) is 0 Å². The monoisotopic (exact) mass is 186 g/mol. The molecule has 0 aliphatic heterocycles. The second-order valence-electron chi connectivity index (χ2n) is 2.80. The largest absolute Gasteiger partial charge is 0.708 e. The van der Waals surface area contributed by atoms with Gasteiger partial charge in [-0.3, -0.25) is 0 Å². The highest BCUT2D eigenvalue weighted by Crippen LogP contribution is 2.27. The number of rotatable bonds is 3. The van der Waals surface area contributed by atoms with E-state index in [2.05, 4.69) is 18.5 Å². The first-order chi connectivity index (χ1) is 5.59. The molecule has 0 aliphatic carbocycles. The summed E-state index contributed by atoms with van der Waals surface area (Å²) in [4.78, 5) is 0. The van der Waals surface area contributed by atoms with Crippen molar-refractivity contribution in [1.82, 2.24) is 0 Å². The SMILES string of the molecule is CC(C)c1csc(OB(O)O)c1. The Morgan fingerprint density at radius 3 is 2.58 bits per heavy atom. The van der Waals surface area contributed by atoms with Gasteiger partial charge in [0.1, 0.15) is 0 Å². The summed E-state index contributed by atoms with van der Waals surface area (Å²) in [6, 6.07) is 1.81. The maximum atomic E-state index is 8.49. The van der Waals surface area contributed by atoms with Crippen molar-refractivity contribution in [2.24, 2.45) is 0 Å². The molecule has 0 bridgehead atoms. The fraction of sp³-hybridized carbons (Fsp3) is 0.429. The zero-order valence-corrected chi connectivity index (χ0v) is 7.84. The predicted octanol–water partition coefficient (Wildman–Crippen LogP) is 1.22.